The minimum absolute atomic E-state index is 0.248. The number of nitrogens with zero attached hydrogens (tertiary/aromatic N) is 3. The summed E-state index contributed by atoms with van der Waals surface area (Å²) in [6.45, 7) is 7.28. The average molecular weight is 278 g/mol. The summed E-state index contributed by atoms with van der Waals surface area (Å²) in [4.78, 5) is 9.26. The van der Waals surface area contributed by atoms with E-state index in [0.29, 0.717) is 0 Å². The van der Waals surface area contributed by atoms with Gasteiger partial charge < -0.3 is 15.3 Å². The Kier molecular flexibility index (Phi) is 5.76. The molecule has 5 nitrogen and oxygen atoms in total. The molecule has 0 aliphatic carbocycles. The second-order valence-corrected chi connectivity index (χ2v) is 5.36. The summed E-state index contributed by atoms with van der Waals surface area (Å²) >= 11 is 0. The van der Waals surface area contributed by atoms with Crippen molar-refractivity contribution in [1.29, 1.82) is 0 Å². The Balaban J connectivity index is 1.97. The van der Waals surface area contributed by atoms with Crippen molar-refractivity contribution in [3.8, 4) is 0 Å². The fourth-order valence-corrected chi connectivity index (χ4v) is 2.58. The Labute approximate surface area is 121 Å². The van der Waals surface area contributed by atoms with Crippen LogP contribution in [-0.2, 0) is 0 Å². The lowest BCUT2D eigenvalue weighted by molar-refractivity contribution is 0.204. The van der Waals surface area contributed by atoms with Gasteiger partial charge in [0.2, 0.25) is 0 Å². The fraction of sp³-hybridized carbons (Fsp3) is 0.667. The maximum Gasteiger partial charge on any atom is 0.0571 e. The molecule has 0 radical (unpaired) electrons. The van der Waals surface area contributed by atoms with Gasteiger partial charge in [0.25, 0.3) is 0 Å². The third kappa shape index (κ3) is 3.91. The normalized spacial score (nSPS) is 18.9. The zero-order chi connectivity index (χ0) is 14.4. The highest BCUT2D eigenvalue weighted by Gasteiger charge is 2.15. The van der Waals surface area contributed by atoms with Gasteiger partial charge in [-0.15, -0.1) is 0 Å². The van der Waals surface area contributed by atoms with Gasteiger partial charge in [0, 0.05) is 32.2 Å². The highest BCUT2D eigenvalue weighted by molar-refractivity contribution is 5.45. The van der Waals surface area contributed by atoms with Gasteiger partial charge in [0.1, 0.15) is 0 Å². The molecule has 1 atom stereocenters. The van der Waals surface area contributed by atoms with Crippen molar-refractivity contribution in [3.63, 3.8) is 0 Å². The van der Waals surface area contributed by atoms with Crippen LogP contribution in [0.3, 0.4) is 0 Å². The topological polar surface area (TPSA) is 51.6 Å². The lowest BCUT2D eigenvalue weighted by atomic mass is 10.2. The lowest BCUT2D eigenvalue weighted by Crippen LogP contribution is -2.32. The molecule has 1 fully saturated rings. The summed E-state index contributed by atoms with van der Waals surface area (Å²) in [5, 5.41) is 12.2. The first-order valence-corrected chi connectivity index (χ1v) is 7.46. The van der Waals surface area contributed by atoms with Crippen molar-refractivity contribution in [3.05, 3.63) is 24.0 Å². The molecule has 0 bridgehead atoms. The summed E-state index contributed by atoms with van der Waals surface area (Å²) in [6, 6.07) is 4.55. The molecule has 1 unspecified atom stereocenters. The first-order valence-electron chi connectivity index (χ1n) is 7.46. The minimum Gasteiger partial charge on any atom is -0.395 e. The molecule has 0 saturated carbocycles. The van der Waals surface area contributed by atoms with Gasteiger partial charge in [-0.25, -0.2) is 0 Å². The molecular weight excluding hydrogens is 252 g/mol. The number of aromatic nitrogens is 1. The van der Waals surface area contributed by atoms with Gasteiger partial charge in [0.05, 0.1) is 24.2 Å². The van der Waals surface area contributed by atoms with Gasteiger partial charge in [-0.05, 0) is 39.1 Å². The molecule has 1 aromatic rings. The number of β-amino-alcohol motifs (C(OH)–C–C–N with tert-alkyl or cyclic N) is 1. The first-order chi connectivity index (χ1) is 9.74. The zero-order valence-corrected chi connectivity index (χ0v) is 12.5. The fourth-order valence-electron chi connectivity index (χ4n) is 2.58. The molecule has 0 amide bonds. The third-order valence-corrected chi connectivity index (χ3v) is 4.02. The highest BCUT2D eigenvalue weighted by Crippen LogP contribution is 2.18. The van der Waals surface area contributed by atoms with Crippen LogP contribution in [0.5, 0.6) is 0 Å². The molecule has 2 rings (SSSR count). The van der Waals surface area contributed by atoms with Gasteiger partial charge in [-0.2, -0.15) is 0 Å². The molecule has 1 aliphatic rings. The van der Waals surface area contributed by atoms with E-state index in [1.807, 2.05) is 13.2 Å². The molecule has 20 heavy (non-hydrogen) atoms. The number of pyridine rings is 1. The largest absolute Gasteiger partial charge is 0.395 e. The number of nitrogens with one attached hydrogen (secondary N) is 1. The Morgan fingerprint density at radius 1 is 1.30 bits per heavy atom. The summed E-state index contributed by atoms with van der Waals surface area (Å²) in [7, 11) is 1.95. The van der Waals surface area contributed by atoms with Crippen molar-refractivity contribution >= 4 is 5.69 Å². The summed E-state index contributed by atoms with van der Waals surface area (Å²) in [5.41, 5.74) is 2.27. The van der Waals surface area contributed by atoms with Crippen molar-refractivity contribution in [2.45, 2.75) is 19.4 Å². The van der Waals surface area contributed by atoms with E-state index in [1.54, 1.807) is 0 Å². The average Bonchev–Trinajstić information content (AvgIpc) is 2.73. The number of aliphatic hydroxyl groups is 1. The van der Waals surface area contributed by atoms with E-state index in [4.69, 9.17) is 5.11 Å². The van der Waals surface area contributed by atoms with E-state index < -0.39 is 0 Å². The van der Waals surface area contributed by atoms with Crippen LogP contribution in [0.15, 0.2) is 18.3 Å². The molecule has 2 N–H and O–H groups in total. The maximum absolute atomic E-state index is 9.03. The van der Waals surface area contributed by atoms with Crippen LogP contribution in [0.1, 0.15) is 25.1 Å². The predicted molar refractivity (Wildman–Crippen MR) is 82.1 cm³/mol. The van der Waals surface area contributed by atoms with Crippen LogP contribution in [-0.4, -0.2) is 61.4 Å². The second kappa shape index (κ2) is 7.57. The van der Waals surface area contributed by atoms with Crippen LogP contribution in [0.2, 0.25) is 0 Å². The Morgan fingerprint density at radius 2 is 2.15 bits per heavy atom. The van der Waals surface area contributed by atoms with Gasteiger partial charge in [0.15, 0.2) is 0 Å². The van der Waals surface area contributed by atoms with Crippen molar-refractivity contribution < 1.29 is 5.11 Å². The van der Waals surface area contributed by atoms with Crippen LogP contribution in [0.4, 0.5) is 5.69 Å². The summed E-state index contributed by atoms with van der Waals surface area (Å²) in [6.07, 6.45) is 3.11. The van der Waals surface area contributed by atoms with Crippen molar-refractivity contribution in [2.75, 3.05) is 51.3 Å². The van der Waals surface area contributed by atoms with E-state index in [-0.39, 0.29) is 12.6 Å². The van der Waals surface area contributed by atoms with E-state index in [9.17, 15) is 0 Å². The number of anilines is 1. The predicted octanol–water partition coefficient (Wildman–Crippen LogP) is 0.866. The minimum atomic E-state index is 0.248. The molecule has 112 valence electrons. The summed E-state index contributed by atoms with van der Waals surface area (Å²) < 4.78 is 0. The van der Waals surface area contributed by atoms with E-state index >= 15 is 0 Å². The molecule has 1 aromatic heterocycles. The van der Waals surface area contributed by atoms with Gasteiger partial charge in [-0.3, -0.25) is 9.88 Å². The quantitative estimate of drug-likeness (QED) is 0.837. The third-order valence-electron chi connectivity index (χ3n) is 4.02. The standard InChI is InChI=1S/C15H26N4O/c1-13(16-2)15-5-4-14(12-17-15)19-7-3-6-18(8-9-19)10-11-20/h4-5,12-13,16,20H,3,6-11H2,1-2H3. The molecular formula is C15H26N4O. The molecule has 5 heteroatoms. The molecule has 0 spiro atoms. The SMILES string of the molecule is CNC(C)c1ccc(N2CCCN(CCO)CC2)cn1. The number of aliphatic hydroxyl groups excluding tert-OH is 1. The maximum atomic E-state index is 9.03. The first kappa shape index (κ1) is 15.2. The second-order valence-electron chi connectivity index (χ2n) is 5.36. The van der Waals surface area contributed by atoms with Crippen LogP contribution < -0.4 is 10.2 Å². The number of hydrogen-bond acceptors (Lipinski definition) is 5. The van der Waals surface area contributed by atoms with Gasteiger partial charge in [-0.1, -0.05) is 0 Å². The van der Waals surface area contributed by atoms with Crippen molar-refractivity contribution in [2.24, 2.45) is 0 Å². The molecule has 0 aromatic carbocycles. The van der Waals surface area contributed by atoms with Crippen LogP contribution >= 0.6 is 0 Å². The Hall–Kier alpha value is -1.17. The molecule has 1 aliphatic heterocycles. The number of rotatable bonds is 5. The summed E-state index contributed by atoms with van der Waals surface area (Å²) in [5.74, 6) is 0. The Morgan fingerprint density at radius 3 is 2.80 bits per heavy atom. The highest BCUT2D eigenvalue weighted by atomic mass is 16.3. The van der Waals surface area contributed by atoms with Crippen LogP contribution in [0.25, 0.3) is 0 Å². The lowest BCUT2D eigenvalue weighted by Gasteiger charge is -2.23. The molecule has 1 saturated heterocycles. The monoisotopic (exact) mass is 278 g/mol. The Bertz CT molecular complexity index is 395. The van der Waals surface area contributed by atoms with E-state index in [0.717, 1.165) is 44.8 Å². The van der Waals surface area contributed by atoms with E-state index in [2.05, 4.69) is 39.2 Å². The van der Waals surface area contributed by atoms with Crippen LogP contribution in [0, 0.1) is 0 Å². The smallest absolute Gasteiger partial charge is 0.0571 e. The molecule has 2 heterocycles. The van der Waals surface area contributed by atoms with Crippen molar-refractivity contribution in [1.82, 2.24) is 15.2 Å². The van der Waals surface area contributed by atoms with Gasteiger partial charge >= 0.3 is 0 Å². The van der Waals surface area contributed by atoms with E-state index in [1.165, 1.54) is 5.69 Å². The zero-order valence-electron chi connectivity index (χ0n) is 12.5. The number of hydrogen-bond donors (Lipinski definition) is 2.